The first-order valence-electron chi connectivity index (χ1n) is 22.2. The van der Waals surface area contributed by atoms with Gasteiger partial charge in [-0.25, -0.2) is 4.57 Å². The number of carbonyl (C=O) groups is 1. The molecule has 0 fully saturated rings. The van der Waals surface area contributed by atoms with Gasteiger partial charge in [-0.15, -0.1) is 0 Å². The maximum Gasteiger partial charge on any atom is 0.472 e. The fraction of sp³-hybridized carbons (Fsp3) is 0.976. The molecule has 0 aliphatic rings. The number of unbranched alkanes of at least 4 members (excludes halogenated alkanes) is 28. The van der Waals surface area contributed by atoms with Crippen LogP contribution in [0.1, 0.15) is 226 Å². The Labute approximate surface area is 321 Å². The molecule has 0 aliphatic carbocycles. The van der Waals surface area contributed by atoms with Crippen molar-refractivity contribution in [1.29, 1.82) is 0 Å². The first-order chi connectivity index (χ1) is 25.3. The quantitative estimate of drug-likeness (QED) is 0.0304. The molecular weight excluding hydrogens is 675 g/mol. The second-order valence-electron chi connectivity index (χ2n) is 15.5. The maximum absolute atomic E-state index is 12.8. The van der Waals surface area contributed by atoms with Crippen molar-refractivity contribution < 1.29 is 33.5 Å². The van der Waals surface area contributed by atoms with Crippen LogP contribution in [0.4, 0.5) is 0 Å². The molecule has 4 atom stereocenters. The van der Waals surface area contributed by atoms with Gasteiger partial charge in [-0.3, -0.25) is 13.8 Å². The Hall–Kier alpha value is -0.540. The first-order valence-corrected chi connectivity index (χ1v) is 23.7. The minimum absolute atomic E-state index is 0.0626. The first kappa shape index (κ1) is 51.5. The largest absolute Gasteiger partial charge is 0.472 e. The van der Waals surface area contributed by atoms with Crippen molar-refractivity contribution in [3.05, 3.63) is 0 Å². The molecule has 0 spiro atoms. The molecule has 1 amide bonds. The zero-order valence-corrected chi connectivity index (χ0v) is 35.1. The molecule has 0 aromatic carbocycles. The van der Waals surface area contributed by atoms with Gasteiger partial charge in [-0.2, -0.15) is 0 Å². The van der Waals surface area contributed by atoms with Crippen molar-refractivity contribution in [2.24, 2.45) is 5.73 Å². The average Bonchev–Trinajstić information content (AvgIpc) is 3.12. The lowest BCUT2D eigenvalue weighted by Crippen LogP contribution is -2.47. The number of nitrogens with two attached hydrogens (primary N) is 1. The lowest BCUT2D eigenvalue weighted by atomic mass is 10.0. The number of aliphatic hydroxyl groups excluding tert-OH is 2. The van der Waals surface area contributed by atoms with E-state index in [0.717, 1.165) is 38.5 Å². The minimum atomic E-state index is -4.37. The van der Waals surface area contributed by atoms with Crippen molar-refractivity contribution in [3.63, 3.8) is 0 Å². The summed E-state index contributed by atoms with van der Waals surface area (Å²) in [6.07, 6.45) is 37.1. The molecule has 0 saturated heterocycles. The standard InChI is InChI=1S/C42H87N2O7P/c1-3-5-7-9-11-13-15-17-18-19-20-21-22-24-26-28-30-32-34-41(46)40(38-51-52(48,49)50-36-35-43)44-42(47)37-39(45)33-31-29-27-25-23-16-14-12-10-8-6-4-2/h39-41,45-46H,3-38,43H2,1-2H3,(H,44,47)(H,48,49). The third kappa shape index (κ3) is 36.4. The van der Waals surface area contributed by atoms with Crippen LogP contribution in [0.15, 0.2) is 0 Å². The van der Waals surface area contributed by atoms with E-state index in [0.29, 0.717) is 12.8 Å². The van der Waals surface area contributed by atoms with E-state index in [-0.39, 0.29) is 26.2 Å². The molecule has 0 aromatic heterocycles. The second kappa shape index (κ2) is 38.7. The molecule has 0 aliphatic heterocycles. The molecule has 9 nitrogen and oxygen atoms in total. The van der Waals surface area contributed by atoms with Crippen molar-refractivity contribution in [3.8, 4) is 0 Å². The fourth-order valence-electron chi connectivity index (χ4n) is 6.89. The van der Waals surface area contributed by atoms with Gasteiger partial charge in [0.2, 0.25) is 5.91 Å². The maximum atomic E-state index is 12.8. The van der Waals surface area contributed by atoms with Crippen LogP contribution in [-0.2, 0) is 18.4 Å². The molecule has 312 valence electrons. The Balaban J connectivity index is 4.22. The Morgan fingerprint density at radius 3 is 1.29 bits per heavy atom. The van der Waals surface area contributed by atoms with Crippen LogP contribution in [0.25, 0.3) is 0 Å². The number of hydrogen-bond acceptors (Lipinski definition) is 7. The van der Waals surface area contributed by atoms with Crippen LogP contribution in [-0.4, -0.2) is 59.0 Å². The minimum Gasteiger partial charge on any atom is -0.393 e. The highest BCUT2D eigenvalue weighted by atomic mass is 31.2. The van der Waals surface area contributed by atoms with Gasteiger partial charge < -0.3 is 26.2 Å². The molecule has 0 heterocycles. The SMILES string of the molecule is CCCCCCCCCCCCCCCCCCCCC(O)C(COP(=O)(O)OCCN)NC(=O)CC(O)CCCCCCCCCCCCCC. The number of phosphoric acid groups is 1. The summed E-state index contributed by atoms with van der Waals surface area (Å²) >= 11 is 0. The summed E-state index contributed by atoms with van der Waals surface area (Å²) in [5.74, 6) is -0.410. The number of aliphatic hydroxyl groups is 2. The molecule has 0 aromatic rings. The van der Waals surface area contributed by atoms with Gasteiger partial charge in [0.25, 0.3) is 0 Å². The highest BCUT2D eigenvalue weighted by Crippen LogP contribution is 2.43. The predicted octanol–water partition coefficient (Wildman–Crippen LogP) is 11.2. The van der Waals surface area contributed by atoms with Crippen molar-refractivity contribution in [2.75, 3.05) is 19.8 Å². The molecule has 0 bridgehead atoms. The molecule has 6 N–H and O–H groups in total. The average molecular weight is 763 g/mol. The van der Waals surface area contributed by atoms with Crippen LogP contribution in [0.3, 0.4) is 0 Å². The fourth-order valence-corrected chi connectivity index (χ4v) is 7.65. The summed E-state index contributed by atoms with van der Waals surface area (Å²) < 4.78 is 22.1. The van der Waals surface area contributed by atoms with Gasteiger partial charge in [0.05, 0.1) is 37.9 Å². The summed E-state index contributed by atoms with van der Waals surface area (Å²) in [6, 6.07) is -0.890. The molecule has 0 saturated carbocycles. The highest BCUT2D eigenvalue weighted by molar-refractivity contribution is 7.47. The van der Waals surface area contributed by atoms with Crippen LogP contribution in [0.2, 0.25) is 0 Å². The Kier molecular flexibility index (Phi) is 38.3. The van der Waals surface area contributed by atoms with Crippen molar-refractivity contribution in [1.82, 2.24) is 5.32 Å². The predicted molar refractivity (Wildman–Crippen MR) is 218 cm³/mol. The summed E-state index contributed by atoms with van der Waals surface area (Å²) in [5.41, 5.74) is 5.37. The van der Waals surface area contributed by atoms with Crippen LogP contribution < -0.4 is 11.1 Å². The molecule has 52 heavy (non-hydrogen) atoms. The third-order valence-corrected chi connectivity index (χ3v) is 11.2. The Bertz CT molecular complexity index is 806. The number of amides is 1. The number of nitrogens with one attached hydrogen (secondary N) is 1. The zero-order chi connectivity index (χ0) is 38.4. The van der Waals surface area contributed by atoms with E-state index >= 15 is 0 Å². The lowest BCUT2D eigenvalue weighted by Gasteiger charge is -2.25. The topological polar surface area (TPSA) is 151 Å². The van der Waals surface area contributed by atoms with Gasteiger partial charge in [0, 0.05) is 6.54 Å². The smallest absolute Gasteiger partial charge is 0.393 e. The number of phosphoric ester groups is 1. The third-order valence-electron chi connectivity index (χ3n) is 10.3. The van der Waals surface area contributed by atoms with Crippen LogP contribution in [0.5, 0.6) is 0 Å². The van der Waals surface area contributed by atoms with Crippen molar-refractivity contribution in [2.45, 2.75) is 244 Å². The van der Waals surface area contributed by atoms with Gasteiger partial charge in [0.15, 0.2) is 0 Å². The summed E-state index contributed by atoms with van der Waals surface area (Å²) in [6.45, 7) is 4.06. The molecule has 10 heteroatoms. The Morgan fingerprint density at radius 1 is 0.577 bits per heavy atom. The van der Waals surface area contributed by atoms with Gasteiger partial charge in [0.1, 0.15) is 0 Å². The van der Waals surface area contributed by atoms with E-state index in [1.165, 1.54) is 154 Å². The van der Waals surface area contributed by atoms with Crippen LogP contribution in [0, 0.1) is 0 Å². The summed E-state index contributed by atoms with van der Waals surface area (Å²) in [5, 5.41) is 24.2. The van der Waals surface area contributed by atoms with E-state index < -0.39 is 32.0 Å². The molecular formula is C42H87N2O7P. The molecule has 0 radical (unpaired) electrons. The Morgan fingerprint density at radius 2 is 0.923 bits per heavy atom. The van der Waals surface area contributed by atoms with E-state index in [1.54, 1.807) is 0 Å². The second-order valence-corrected chi connectivity index (χ2v) is 16.9. The molecule has 0 rings (SSSR count). The zero-order valence-electron chi connectivity index (χ0n) is 34.2. The number of hydrogen-bond donors (Lipinski definition) is 5. The van der Waals surface area contributed by atoms with Crippen molar-refractivity contribution >= 4 is 13.7 Å². The van der Waals surface area contributed by atoms with E-state index in [9.17, 15) is 24.5 Å². The summed E-state index contributed by atoms with van der Waals surface area (Å²) in [4.78, 5) is 22.8. The summed E-state index contributed by atoms with van der Waals surface area (Å²) in [7, 11) is -4.37. The van der Waals surface area contributed by atoms with E-state index in [2.05, 4.69) is 19.2 Å². The number of rotatable bonds is 42. The lowest BCUT2D eigenvalue weighted by molar-refractivity contribution is -0.125. The number of carbonyl (C=O) groups excluding carboxylic acids is 1. The molecule has 4 unspecified atom stereocenters. The van der Waals surface area contributed by atoms with Gasteiger partial charge in [-0.1, -0.05) is 206 Å². The van der Waals surface area contributed by atoms with E-state index in [1.807, 2.05) is 0 Å². The van der Waals surface area contributed by atoms with Crippen LogP contribution >= 0.6 is 7.82 Å². The van der Waals surface area contributed by atoms with E-state index in [4.69, 9.17) is 14.8 Å². The highest BCUT2D eigenvalue weighted by Gasteiger charge is 2.28. The monoisotopic (exact) mass is 763 g/mol. The normalized spacial score (nSPS) is 14.7. The van der Waals surface area contributed by atoms with Gasteiger partial charge in [-0.05, 0) is 12.8 Å². The van der Waals surface area contributed by atoms with Gasteiger partial charge >= 0.3 is 7.82 Å².